The first-order valence-electron chi connectivity index (χ1n) is 6.80. The fourth-order valence-electron chi connectivity index (χ4n) is 2.06. The van der Waals surface area contributed by atoms with Crippen LogP contribution in [-0.4, -0.2) is 37.2 Å². The van der Waals surface area contributed by atoms with Gasteiger partial charge in [0.15, 0.2) is 5.41 Å². The van der Waals surface area contributed by atoms with Crippen LogP contribution in [0.4, 0.5) is 0 Å². The van der Waals surface area contributed by atoms with E-state index in [0.29, 0.717) is 6.42 Å². The van der Waals surface area contributed by atoms with Gasteiger partial charge in [-0.2, -0.15) is 11.8 Å². The van der Waals surface area contributed by atoms with Gasteiger partial charge in [-0.1, -0.05) is 13.8 Å². The van der Waals surface area contributed by atoms with Crippen LogP contribution in [0.25, 0.3) is 0 Å². The van der Waals surface area contributed by atoms with Crippen molar-refractivity contribution in [3.05, 3.63) is 0 Å². The molecule has 0 fully saturated rings. The summed E-state index contributed by atoms with van der Waals surface area (Å²) in [6, 6.07) is 0. The lowest BCUT2D eigenvalue weighted by atomic mass is 9.73. The second-order valence-electron chi connectivity index (χ2n) is 4.66. The number of rotatable bonds is 9. The Bertz CT molecular complexity index is 271. The third-order valence-corrected chi connectivity index (χ3v) is 3.88. The van der Waals surface area contributed by atoms with Crippen LogP contribution in [0.2, 0.25) is 0 Å². The van der Waals surface area contributed by atoms with Crippen LogP contribution in [0, 0.1) is 11.3 Å². The highest BCUT2D eigenvalue weighted by Crippen LogP contribution is 2.36. The average Bonchev–Trinajstić information content (AvgIpc) is 2.34. The molecule has 0 radical (unpaired) electrons. The van der Waals surface area contributed by atoms with Crippen LogP contribution in [0.1, 0.15) is 40.5 Å². The summed E-state index contributed by atoms with van der Waals surface area (Å²) < 4.78 is 10.2. The Hall–Kier alpha value is -0.710. The van der Waals surface area contributed by atoms with Crippen LogP contribution >= 0.6 is 11.8 Å². The minimum absolute atomic E-state index is 0.146. The lowest BCUT2D eigenvalue weighted by Gasteiger charge is -2.32. The standard InChI is InChI=1S/C14H26O4S/c1-6-17-12(15)14(11(3)4,9-8-10-19-5)13(16)18-7-2/h11H,6-10H2,1-5H3. The minimum Gasteiger partial charge on any atom is -0.465 e. The molecule has 0 N–H and O–H groups in total. The maximum Gasteiger partial charge on any atom is 0.323 e. The van der Waals surface area contributed by atoms with Crippen molar-refractivity contribution < 1.29 is 19.1 Å². The van der Waals surface area contributed by atoms with E-state index in [9.17, 15) is 9.59 Å². The molecule has 0 spiro atoms. The first-order valence-corrected chi connectivity index (χ1v) is 8.20. The van der Waals surface area contributed by atoms with Crippen LogP contribution in [0.15, 0.2) is 0 Å². The van der Waals surface area contributed by atoms with Gasteiger partial charge in [-0.3, -0.25) is 9.59 Å². The number of ether oxygens (including phenoxy) is 2. The zero-order valence-corrected chi connectivity index (χ0v) is 13.5. The van der Waals surface area contributed by atoms with Crippen molar-refractivity contribution >= 4 is 23.7 Å². The molecule has 0 atom stereocenters. The monoisotopic (exact) mass is 290 g/mol. The van der Waals surface area contributed by atoms with Gasteiger partial charge in [0, 0.05) is 0 Å². The van der Waals surface area contributed by atoms with Crippen molar-refractivity contribution in [2.75, 3.05) is 25.2 Å². The Morgan fingerprint density at radius 3 is 1.89 bits per heavy atom. The summed E-state index contributed by atoms with van der Waals surface area (Å²) in [7, 11) is 0. The molecule has 0 aliphatic heterocycles. The molecule has 0 bridgehead atoms. The quantitative estimate of drug-likeness (QED) is 0.371. The van der Waals surface area contributed by atoms with Gasteiger partial charge in [-0.15, -0.1) is 0 Å². The number of carbonyl (C=O) groups is 2. The number of hydrogen-bond acceptors (Lipinski definition) is 5. The summed E-state index contributed by atoms with van der Waals surface area (Å²) in [6.45, 7) is 7.77. The van der Waals surface area contributed by atoms with Crippen molar-refractivity contribution in [1.29, 1.82) is 0 Å². The van der Waals surface area contributed by atoms with E-state index in [1.807, 2.05) is 20.1 Å². The van der Waals surface area contributed by atoms with E-state index in [-0.39, 0.29) is 19.1 Å². The fraction of sp³-hybridized carbons (Fsp3) is 0.857. The SMILES string of the molecule is CCOC(=O)C(CCCSC)(C(=O)OCC)C(C)C. The highest BCUT2D eigenvalue weighted by Gasteiger charge is 2.50. The van der Waals surface area contributed by atoms with Crippen molar-refractivity contribution in [2.45, 2.75) is 40.5 Å². The molecule has 0 rings (SSSR count). The predicted molar refractivity (Wildman–Crippen MR) is 78.2 cm³/mol. The zero-order valence-electron chi connectivity index (χ0n) is 12.7. The molecule has 0 aromatic heterocycles. The van der Waals surface area contributed by atoms with Crippen molar-refractivity contribution in [3.63, 3.8) is 0 Å². The molecular weight excluding hydrogens is 264 g/mol. The largest absolute Gasteiger partial charge is 0.465 e. The summed E-state index contributed by atoms with van der Waals surface area (Å²) >= 11 is 1.70. The normalized spacial score (nSPS) is 11.5. The van der Waals surface area contributed by atoms with Gasteiger partial charge in [0.2, 0.25) is 0 Å². The topological polar surface area (TPSA) is 52.6 Å². The highest BCUT2D eigenvalue weighted by molar-refractivity contribution is 7.98. The van der Waals surface area contributed by atoms with Crippen LogP contribution in [0.5, 0.6) is 0 Å². The molecule has 0 aliphatic rings. The lowest BCUT2D eigenvalue weighted by molar-refractivity contribution is -0.176. The van der Waals surface area contributed by atoms with Gasteiger partial charge in [0.1, 0.15) is 0 Å². The van der Waals surface area contributed by atoms with Gasteiger partial charge < -0.3 is 9.47 Å². The van der Waals surface area contributed by atoms with Crippen LogP contribution in [-0.2, 0) is 19.1 Å². The number of thioether (sulfide) groups is 1. The maximum absolute atomic E-state index is 12.3. The summed E-state index contributed by atoms with van der Waals surface area (Å²) in [5.41, 5.74) is -1.16. The van der Waals surface area contributed by atoms with Gasteiger partial charge >= 0.3 is 11.9 Å². The fourth-order valence-corrected chi connectivity index (χ4v) is 2.50. The molecule has 112 valence electrons. The average molecular weight is 290 g/mol. The number of carbonyl (C=O) groups excluding carboxylic acids is 2. The molecule has 0 amide bonds. The van der Waals surface area contributed by atoms with E-state index in [1.165, 1.54) is 0 Å². The lowest BCUT2D eigenvalue weighted by Crippen LogP contribution is -2.46. The Labute approximate surface area is 120 Å². The van der Waals surface area contributed by atoms with Crippen molar-refractivity contribution in [1.82, 2.24) is 0 Å². The molecule has 0 aromatic rings. The van der Waals surface area contributed by atoms with Gasteiger partial charge in [-0.05, 0) is 44.6 Å². The Morgan fingerprint density at radius 1 is 1.11 bits per heavy atom. The zero-order chi connectivity index (χ0) is 14.9. The van der Waals surface area contributed by atoms with E-state index in [0.717, 1.165) is 12.2 Å². The molecule has 4 nitrogen and oxygen atoms in total. The maximum atomic E-state index is 12.3. The van der Waals surface area contributed by atoms with Crippen LogP contribution < -0.4 is 0 Å². The Morgan fingerprint density at radius 2 is 1.58 bits per heavy atom. The first-order chi connectivity index (χ1) is 8.97. The molecule has 0 heterocycles. The molecule has 0 aromatic carbocycles. The van der Waals surface area contributed by atoms with Gasteiger partial charge in [0.25, 0.3) is 0 Å². The van der Waals surface area contributed by atoms with Crippen LogP contribution in [0.3, 0.4) is 0 Å². The molecular formula is C14H26O4S. The third-order valence-electron chi connectivity index (χ3n) is 3.18. The summed E-state index contributed by atoms with van der Waals surface area (Å²) in [4.78, 5) is 24.6. The molecule has 5 heteroatoms. The summed E-state index contributed by atoms with van der Waals surface area (Å²) in [5.74, 6) is -0.144. The van der Waals surface area contributed by atoms with E-state index in [4.69, 9.17) is 9.47 Å². The minimum atomic E-state index is -1.16. The summed E-state index contributed by atoms with van der Waals surface area (Å²) in [5, 5.41) is 0. The molecule has 0 saturated carbocycles. The Balaban J connectivity index is 5.21. The number of hydrogen-bond donors (Lipinski definition) is 0. The van der Waals surface area contributed by atoms with E-state index >= 15 is 0 Å². The predicted octanol–water partition coefficient (Wildman–Crippen LogP) is 2.90. The van der Waals surface area contributed by atoms with Gasteiger partial charge in [0.05, 0.1) is 13.2 Å². The number of esters is 2. The molecule has 0 aliphatic carbocycles. The second-order valence-corrected chi connectivity index (χ2v) is 5.65. The van der Waals surface area contributed by atoms with E-state index < -0.39 is 17.4 Å². The second kappa shape index (κ2) is 9.23. The highest BCUT2D eigenvalue weighted by atomic mass is 32.2. The summed E-state index contributed by atoms with van der Waals surface area (Å²) in [6.07, 6.45) is 3.27. The van der Waals surface area contributed by atoms with E-state index in [2.05, 4.69) is 0 Å². The third kappa shape index (κ3) is 4.71. The van der Waals surface area contributed by atoms with Gasteiger partial charge in [-0.25, -0.2) is 0 Å². The molecule has 19 heavy (non-hydrogen) atoms. The van der Waals surface area contributed by atoms with E-state index in [1.54, 1.807) is 25.6 Å². The Kier molecular flexibility index (Phi) is 8.89. The van der Waals surface area contributed by atoms with Crippen molar-refractivity contribution in [3.8, 4) is 0 Å². The van der Waals surface area contributed by atoms with Crippen molar-refractivity contribution in [2.24, 2.45) is 11.3 Å². The molecule has 0 saturated heterocycles. The molecule has 0 unspecified atom stereocenters. The first kappa shape index (κ1) is 18.3. The smallest absolute Gasteiger partial charge is 0.323 e.